The van der Waals surface area contributed by atoms with E-state index in [2.05, 4.69) is 16.0 Å². The molecule has 0 radical (unpaired) electrons. The summed E-state index contributed by atoms with van der Waals surface area (Å²) in [4.78, 5) is 59.8. The quantitative estimate of drug-likeness (QED) is 0.0879. The molecule has 0 heterocycles. The Bertz CT molecular complexity index is 662. The number of carboxylic acid groups (broad SMARTS) is 2. The normalized spacial score (nSPS) is 14.4. The minimum Gasteiger partial charge on any atom is -0.481 e. The summed E-state index contributed by atoms with van der Waals surface area (Å²) in [5.41, 5.74) is 16.6. The number of hydrogen-bond donors (Lipinski definition) is 9. The summed E-state index contributed by atoms with van der Waals surface area (Å²) in [6.07, 6.45) is 1.71. The fourth-order valence-electron chi connectivity index (χ4n) is 2.79. The molecule has 0 saturated heterocycles. The molecule has 4 atom stereocenters. The van der Waals surface area contributed by atoms with Crippen molar-refractivity contribution < 1.29 is 39.3 Å². The molecular formula is C19H36N6O8. The van der Waals surface area contributed by atoms with E-state index in [1.807, 2.05) is 0 Å². The second-order valence-corrected chi connectivity index (χ2v) is 7.48. The monoisotopic (exact) mass is 476 g/mol. The minimum absolute atomic E-state index is 0.0683. The maximum Gasteiger partial charge on any atom is 0.328 e. The van der Waals surface area contributed by atoms with Crippen LogP contribution >= 0.6 is 0 Å². The third-order valence-electron chi connectivity index (χ3n) is 4.69. The number of nitrogens with one attached hydrogen (secondary N) is 3. The molecule has 0 aliphatic heterocycles. The summed E-state index contributed by atoms with van der Waals surface area (Å²) >= 11 is 0. The average Bonchev–Trinajstić information content (AvgIpc) is 2.75. The molecule has 3 amide bonds. The second kappa shape index (κ2) is 16.8. The number of aliphatic hydroxyl groups is 1. The van der Waals surface area contributed by atoms with Crippen LogP contribution in [-0.2, 0) is 24.0 Å². The molecule has 0 rings (SSSR count). The molecule has 0 aromatic heterocycles. The molecule has 0 fully saturated rings. The van der Waals surface area contributed by atoms with Gasteiger partial charge in [0.15, 0.2) is 0 Å². The Labute approximate surface area is 191 Å². The molecule has 0 aliphatic carbocycles. The molecule has 0 aliphatic rings. The fourth-order valence-corrected chi connectivity index (χ4v) is 2.79. The SMILES string of the molecule is NCCCCC(N)C(=O)NC(CC(=O)O)C(=O)NC(CCCCN)C(=O)NC(CO)C(=O)O. The summed E-state index contributed by atoms with van der Waals surface area (Å²) in [7, 11) is 0. The molecule has 12 N–H and O–H groups in total. The van der Waals surface area contributed by atoms with E-state index in [1.54, 1.807) is 0 Å². The van der Waals surface area contributed by atoms with E-state index in [9.17, 15) is 24.0 Å². The number of nitrogens with two attached hydrogens (primary N) is 3. The highest BCUT2D eigenvalue weighted by Crippen LogP contribution is 2.05. The molecule has 14 heteroatoms. The molecule has 33 heavy (non-hydrogen) atoms. The van der Waals surface area contributed by atoms with Crippen LogP contribution in [0.2, 0.25) is 0 Å². The van der Waals surface area contributed by atoms with Crippen LogP contribution in [0, 0.1) is 0 Å². The van der Waals surface area contributed by atoms with Gasteiger partial charge in [-0.05, 0) is 45.2 Å². The Kier molecular flexibility index (Phi) is 15.3. The van der Waals surface area contributed by atoms with Gasteiger partial charge in [-0.15, -0.1) is 0 Å². The first-order valence-corrected chi connectivity index (χ1v) is 10.7. The lowest BCUT2D eigenvalue weighted by atomic mass is 10.1. The molecule has 0 bridgehead atoms. The summed E-state index contributed by atoms with van der Waals surface area (Å²) < 4.78 is 0. The Morgan fingerprint density at radius 1 is 0.697 bits per heavy atom. The van der Waals surface area contributed by atoms with Crippen LogP contribution in [0.1, 0.15) is 44.9 Å². The van der Waals surface area contributed by atoms with Gasteiger partial charge in [0.25, 0.3) is 0 Å². The lowest BCUT2D eigenvalue weighted by molar-refractivity contribution is -0.144. The number of aliphatic hydroxyl groups excluding tert-OH is 1. The van der Waals surface area contributed by atoms with Crippen LogP contribution in [0.5, 0.6) is 0 Å². The van der Waals surface area contributed by atoms with Crippen molar-refractivity contribution in [2.24, 2.45) is 17.2 Å². The number of carbonyl (C=O) groups excluding carboxylic acids is 3. The summed E-state index contributed by atoms with van der Waals surface area (Å²) in [6, 6.07) is -5.34. The van der Waals surface area contributed by atoms with Crippen molar-refractivity contribution in [3.63, 3.8) is 0 Å². The lowest BCUT2D eigenvalue weighted by Gasteiger charge is -2.24. The van der Waals surface area contributed by atoms with Crippen molar-refractivity contribution in [1.82, 2.24) is 16.0 Å². The van der Waals surface area contributed by atoms with E-state index in [-0.39, 0.29) is 12.8 Å². The molecule has 190 valence electrons. The zero-order valence-corrected chi connectivity index (χ0v) is 18.5. The Morgan fingerprint density at radius 2 is 1.18 bits per heavy atom. The third-order valence-corrected chi connectivity index (χ3v) is 4.69. The van der Waals surface area contributed by atoms with E-state index in [4.69, 9.17) is 32.5 Å². The van der Waals surface area contributed by atoms with Gasteiger partial charge in [-0.2, -0.15) is 0 Å². The zero-order valence-electron chi connectivity index (χ0n) is 18.5. The summed E-state index contributed by atoms with van der Waals surface area (Å²) in [6.45, 7) is -0.133. The van der Waals surface area contributed by atoms with Crippen molar-refractivity contribution in [3.8, 4) is 0 Å². The standard InChI is InChI=1S/C19H36N6O8/c20-7-3-1-5-11(22)16(29)24-13(9-15(27)28)18(31)23-12(6-2-4-8-21)17(30)25-14(10-26)19(32)33/h11-14,26H,1-10,20-22H2,(H,23,31)(H,24,29)(H,25,30)(H,27,28)(H,32,33). The number of amides is 3. The fraction of sp³-hybridized carbons (Fsp3) is 0.737. The zero-order chi connectivity index (χ0) is 25.4. The van der Waals surface area contributed by atoms with Gasteiger partial charge in [0.1, 0.15) is 18.1 Å². The highest BCUT2D eigenvalue weighted by Gasteiger charge is 2.31. The molecule has 14 nitrogen and oxygen atoms in total. The van der Waals surface area contributed by atoms with Gasteiger partial charge in [0.2, 0.25) is 17.7 Å². The summed E-state index contributed by atoms with van der Waals surface area (Å²) in [5, 5.41) is 34.0. The Balaban J connectivity index is 5.35. The molecule has 0 spiro atoms. The van der Waals surface area contributed by atoms with Crippen molar-refractivity contribution >= 4 is 29.7 Å². The topological polar surface area (TPSA) is 260 Å². The Hall–Kier alpha value is -2.81. The van der Waals surface area contributed by atoms with Crippen LogP contribution in [0.3, 0.4) is 0 Å². The predicted molar refractivity (Wildman–Crippen MR) is 117 cm³/mol. The smallest absolute Gasteiger partial charge is 0.328 e. The lowest BCUT2D eigenvalue weighted by Crippen LogP contribution is -2.57. The molecular weight excluding hydrogens is 440 g/mol. The minimum atomic E-state index is -1.59. The van der Waals surface area contributed by atoms with Crippen LogP contribution in [0.15, 0.2) is 0 Å². The van der Waals surface area contributed by atoms with Crippen LogP contribution in [-0.4, -0.2) is 88.8 Å². The third kappa shape index (κ3) is 12.7. The number of unbranched alkanes of at least 4 members (excludes halogenated alkanes) is 2. The van der Waals surface area contributed by atoms with Crippen LogP contribution < -0.4 is 33.2 Å². The van der Waals surface area contributed by atoms with Gasteiger partial charge in [-0.3, -0.25) is 19.2 Å². The first-order valence-electron chi connectivity index (χ1n) is 10.7. The number of hydrogen-bond acceptors (Lipinski definition) is 9. The van der Waals surface area contributed by atoms with E-state index >= 15 is 0 Å². The van der Waals surface area contributed by atoms with Crippen LogP contribution in [0.25, 0.3) is 0 Å². The first-order chi connectivity index (χ1) is 15.6. The molecule has 0 aromatic rings. The van der Waals surface area contributed by atoms with Gasteiger partial charge in [0.05, 0.1) is 19.1 Å². The van der Waals surface area contributed by atoms with E-state index in [1.165, 1.54) is 0 Å². The van der Waals surface area contributed by atoms with E-state index in [0.717, 1.165) is 0 Å². The molecule has 0 aromatic carbocycles. The second-order valence-electron chi connectivity index (χ2n) is 7.48. The number of aliphatic carboxylic acids is 2. The van der Waals surface area contributed by atoms with Crippen molar-refractivity contribution in [1.29, 1.82) is 0 Å². The van der Waals surface area contributed by atoms with E-state index < -0.39 is 66.9 Å². The largest absolute Gasteiger partial charge is 0.481 e. The highest BCUT2D eigenvalue weighted by atomic mass is 16.4. The van der Waals surface area contributed by atoms with Crippen LogP contribution in [0.4, 0.5) is 0 Å². The van der Waals surface area contributed by atoms with E-state index in [0.29, 0.717) is 38.8 Å². The van der Waals surface area contributed by atoms with Crippen molar-refractivity contribution in [2.45, 2.75) is 69.1 Å². The van der Waals surface area contributed by atoms with Gasteiger partial charge in [-0.25, -0.2) is 4.79 Å². The number of rotatable bonds is 18. The molecule has 4 unspecified atom stereocenters. The van der Waals surface area contributed by atoms with Gasteiger partial charge in [-0.1, -0.05) is 6.42 Å². The van der Waals surface area contributed by atoms with Gasteiger partial charge in [0, 0.05) is 0 Å². The van der Waals surface area contributed by atoms with Gasteiger partial charge < -0.3 is 48.5 Å². The summed E-state index contributed by atoms with van der Waals surface area (Å²) in [5.74, 6) is -5.42. The number of carbonyl (C=O) groups is 5. The average molecular weight is 477 g/mol. The highest BCUT2D eigenvalue weighted by molar-refractivity contribution is 5.95. The van der Waals surface area contributed by atoms with Crippen molar-refractivity contribution in [2.75, 3.05) is 19.7 Å². The predicted octanol–water partition coefficient (Wildman–Crippen LogP) is -3.42. The maximum atomic E-state index is 12.7. The molecule has 0 saturated carbocycles. The number of carboxylic acids is 2. The first kappa shape index (κ1) is 30.2. The maximum absolute atomic E-state index is 12.7. The van der Waals surface area contributed by atoms with Gasteiger partial charge >= 0.3 is 11.9 Å². The van der Waals surface area contributed by atoms with Crippen molar-refractivity contribution in [3.05, 3.63) is 0 Å². The Morgan fingerprint density at radius 3 is 1.67 bits per heavy atom.